The summed E-state index contributed by atoms with van der Waals surface area (Å²) in [6.07, 6.45) is 2.27. The third kappa shape index (κ3) is 4.22. The second kappa shape index (κ2) is 7.11. The summed E-state index contributed by atoms with van der Waals surface area (Å²) in [5, 5.41) is 15.1. The summed E-state index contributed by atoms with van der Waals surface area (Å²) in [5.41, 5.74) is 7.45. The Hall–Kier alpha value is -1.59. The Morgan fingerprint density at radius 2 is 2.21 bits per heavy atom. The first-order valence-electron chi connectivity index (χ1n) is 6.65. The van der Waals surface area contributed by atoms with E-state index >= 15 is 0 Å². The van der Waals surface area contributed by atoms with Gasteiger partial charge in [-0.3, -0.25) is 0 Å². The van der Waals surface area contributed by atoms with Gasteiger partial charge in [0.25, 0.3) is 0 Å². The summed E-state index contributed by atoms with van der Waals surface area (Å²) in [6, 6.07) is 7.72. The van der Waals surface area contributed by atoms with Crippen LogP contribution in [0.2, 0.25) is 0 Å². The lowest BCUT2D eigenvalue weighted by molar-refractivity contribution is 0.0662. The summed E-state index contributed by atoms with van der Waals surface area (Å²) in [5.74, 6) is 0.854. The third-order valence-corrected chi connectivity index (χ3v) is 3.43. The van der Waals surface area contributed by atoms with Crippen LogP contribution in [-0.4, -0.2) is 30.8 Å². The molecule has 1 aliphatic rings. The molecule has 1 fully saturated rings. The normalized spacial score (nSPS) is 17.6. The van der Waals surface area contributed by atoms with Crippen molar-refractivity contribution in [2.24, 2.45) is 16.8 Å². The Morgan fingerprint density at radius 1 is 1.42 bits per heavy atom. The number of hydrogen-bond donors (Lipinski definition) is 3. The number of nitrogens with one attached hydrogen (secondary N) is 1. The maximum Gasteiger partial charge on any atom is 0.170 e. The van der Waals surface area contributed by atoms with E-state index in [1.165, 1.54) is 0 Å². The molecule has 0 saturated carbocycles. The van der Waals surface area contributed by atoms with E-state index in [0.717, 1.165) is 50.3 Å². The number of benzene rings is 1. The van der Waals surface area contributed by atoms with Crippen molar-refractivity contribution >= 4 is 5.84 Å². The van der Waals surface area contributed by atoms with E-state index in [2.05, 4.69) is 10.5 Å². The molecule has 0 bridgehead atoms. The van der Waals surface area contributed by atoms with Crippen LogP contribution in [0, 0.1) is 5.92 Å². The van der Waals surface area contributed by atoms with E-state index in [1.807, 2.05) is 24.3 Å². The van der Waals surface area contributed by atoms with Gasteiger partial charge in [-0.15, -0.1) is 0 Å². The smallest absolute Gasteiger partial charge is 0.170 e. The van der Waals surface area contributed by atoms with E-state index in [-0.39, 0.29) is 5.84 Å². The molecule has 4 N–H and O–H groups in total. The van der Waals surface area contributed by atoms with Crippen molar-refractivity contribution in [3.8, 4) is 0 Å². The molecule has 0 atom stereocenters. The van der Waals surface area contributed by atoms with Crippen molar-refractivity contribution in [2.45, 2.75) is 19.4 Å². The largest absolute Gasteiger partial charge is 0.409 e. The first-order valence-corrected chi connectivity index (χ1v) is 6.65. The highest BCUT2D eigenvalue weighted by Crippen LogP contribution is 2.13. The minimum atomic E-state index is 0.145. The zero-order valence-corrected chi connectivity index (χ0v) is 11.0. The molecular formula is C14H21N3O2. The first-order chi connectivity index (χ1) is 9.29. The summed E-state index contributed by atoms with van der Waals surface area (Å²) < 4.78 is 5.34. The summed E-state index contributed by atoms with van der Waals surface area (Å²) >= 11 is 0. The van der Waals surface area contributed by atoms with Gasteiger partial charge in [0.05, 0.1) is 0 Å². The molecule has 1 aliphatic heterocycles. The minimum Gasteiger partial charge on any atom is -0.409 e. The lowest BCUT2D eigenvalue weighted by Crippen LogP contribution is -2.27. The van der Waals surface area contributed by atoms with Gasteiger partial charge in [-0.05, 0) is 36.9 Å². The van der Waals surface area contributed by atoms with Crippen LogP contribution < -0.4 is 11.1 Å². The zero-order chi connectivity index (χ0) is 13.5. The molecule has 1 aromatic carbocycles. The molecule has 0 aromatic heterocycles. The maximum absolute atomic E-state index is 8.66. The zero-order valence-electron chi connectivity index (χ0n) is 11.0. The van der Waals surface area contributed by atoms with E-state index in [4.69, 9.17) is 15.7 Å². The third-order valence-electron chi connectivity index (χ3n) is 3.43. The fourth-order valence-corrected chi connectivity index (χ4v) is 2.27. The lowest BCUT2D eigenvalue weighted by atomic mass is 10.0. The Labute approximate surface area is 113 Å². The van der Waals surface area contributed by atoms with Crippen molar-refractivity contribution in [3.63, 3.8) is 0 Å². The standard InChI is InChI=1S/C14H21N3O2/c15-14(17-18)13-3-1-2-12(8-13)10-16-9-11-4-6-19-7-5-11/h1-3,8,11,16,18H,4-7,9-10H2,(H2,15,17). The van der Waals surface area contributed by atoms with Crippen molar-refractivity contribution in [2.75, 3.05) is 19.8 Å². The SMILES string of the molecule is NC(=NO)c1cccc(CNCC2CCOCC2)c1. The van der Waals surface area contributed by atoms with Gasteiger partial charge >= 0.3 is 0 Å². The second-order valence-electron chi connectivity index (χ2n) is 4.87. The number of rotatable bonds is 5. The molecule has 5 heteroatoms. The summed E-state index contributed by atoms with van der Waals surface area (Å²) in [7, 11) is 0. The van der Waals surface area contributed by atoms with Crippen molar-refractivity contribution in [1.29, 1.82) is 0 Å². The highest BCUT2D eigenvalue weighted by Gasteiger charge is 2.12. The molecule has 1 heterocycles. The van der Waals surface area contributed by atoms with Crippen LogP contribution in [0.3, 0.4) is 0 Å². The van der Waals surface area contributed by atoms with Crippen LogP contribution in [0.4, 0.5) is 0 Å². The Balaban J connectivity index is 1.82. The van der Waals surface area contributed by atoms with Gasteiger partial charge in [0, 0.05) is 25.3 Å². The van der Waals surface area contributed by atoms with Crippen LogP contribution in [0.5, 0.6) is 0 Å². The molecule has 0 radical (unpaired) electrons. The van der Waals surface area contributed by atoms with E-state index in [1.54, 1.807) is 0 Å². The molecule has 2 rings (SSSR count). The van der Waals surface area contributed by atoms with Gasteiger partial charge in [0.15, 0.2) is 5.84 Å². The number of amidine groups is 1. The Bertz CT molecular complexity index is 428. The number of nitrogens with zero attached hydrogens (tertiary/aromatic N) is 1. The van der Waals surface area contributed by atoms with E-state index < -0.39 is 0 Å². The van der Waals surface area contributed by atoms with Crippen LogP contribution in [0.1, 0.15) is 24.0 Å². The number of hydrogen-bond acceptors (Lipinski definition) is 4. The van der Waals surface area contributed by atoms with Crippen LogP contribution in [0.25, 0.3) is 0 Å². The molecule has 0 spiro atoms. The Morgan fingerprint density at radius 3 is 2.95 bits per heavy atom. The van der Waals surface area contributed by atoms with E-state index in [9.17, 15) is 0 Å². The molecular weight excluding hydrogens is 242 g/mol. The predicted molar refractivity (Wildman–Crippen MR) is 74.2 cm³/mol. The van der Waals surface area contributed by atoms with Crippen LogP contribution in [-0.2, 0) is 11.3 Å². The molecule has 104 valence electrons. The molecule has 0 amide bonds. The quantitative estimate of drug-likeness (QED) is 0.324. The monoisotopic (exact) mass is 263 g/mol. The number of nitrogens with two attached hydrogens (primary N) is 1. The molecule has 0 aliphatic carbocycles. The minimum absolute atomic E-state index is 0.145. The Kier molecular flexibility index (Phi) is 5.18. The fourth-order valence-electron chi connectivity index (χ4n) is 2.27. The van der Waals surface area contributed by atoms with Gasteiger partial charge in [-0.25, -0.2) is 0 Å². The van der Waals surface area contributed by atoms with Crippen molar-refractivity contribution in [3.05, 3.63) is 35.4 Å². The summed E-state index contributed by atoms with van der Waals surface area (Å²) in [6.45, 7) is 3.57. The van der Waals surface area contributed by atoms with Crippen molar-refractivity contribution in [1.82, 2.24) is 5.32 Å². The predicted octanol–water partition coefficient (Wildman–Crippen LogP) is 1.30. The molecule has 1 aromatic rings. The van der Waals surface area contributed by atoms with Gasteiger partial charge in [-0.1, -0.05) is 23.4 Å². The van der Waals surface area contributed by atoms with Gasteiger partial charge in [0.2, 0.25) is 0 Å². The van der Waals surface area contributed by atoms with Gasteiger partial charge < -0.3 is 21.0 Å². The van der Waals surface area contributed by atoms with Crippen LogP contribution in [0.15, 0.2) is 29.4 Å². The van der Waals surface area contributed by atoms with Crippen molar-refractivity contribution < 1.29 is 9.94 Å². The molecule has 5 nitrogen and oxygen atoms in total. The van der Waals surface area contributed by atoms with E-state index in [0.29, 0.717) is 5.92 Å². The highest BCUT2D eigenvalue weighted by molar-refractivity contribution is 5.97. The van der Waals surface area contributed by atoms with Gasteiger partial charge in [0.1, 0.15) is 0 Å². The number of oxime groups is 1. The second-order valence-corrected chi connectivity index (χ2v) is 4.87. The highest BCUT2D eigenvalue weighted by atomic mass is 16.5. The summed E-state index contributed by atoms with van der Waals surface area (Å²) in [4.78, 5) is 0. The molecule has 0 unspecified atom stereocenters. The topological polar surface area (TPSA) is 79.9 Å². The average Bonchev–Trinajstić information content (AvgIpc) is 2.48. The molecule has 19 heavy (non-hydrogen) atoms. The van der Waals surface area contributed by atoms with Crippen LogP contribution >= 0.6 is 0 Å². The lowest BCUT2D eigenvalue weighted by Gasteiger charge is -2.22. The number of ether oxygens (including phenoxy) is 1. The first kappa shape index (κ1) is 13.8. The maximum atomic E-state index is 8.66. The average molecular weight is 263 g/mol. The molecule has 1 saturated heterocycles. The fraction of sp³-hybridized carbons (Fsp3) is 0.500. The van der Waals surface area contributed by atoms with Gasteiger partial charge in [-0.2, -0.15) is 0 Å².